The molecule has 2 aromatic carbocycles. The second-order valence-electron chi connectivity index (χ2n) is 9.32. The lowest BCUT2D eigenvalue weighted by atomic mass is 10.1. The number of hydrogen-bond acceptors (Lipinski definition) is 9. The van der Waals surface area contributed by atoms with Crippen LogP contribution in [0.2, 0.25) is 0 Å². The number of nitrogens with one attached hydrogen (secondary N) is 2. The lowest BCUT2D eigenvalue weighted by molar-refractivity contribution is -0.146. The third-order valence-corrected chi connectivity index (χ3v) is 7.81. The molecule has 0 bridgehead atoms. The van der Waals surface area contributed by atoms with Gasteiger partial charge in [0.2, 0.25) is 0 Å². The molecule has 14 heteroatoms. The number of carbonyl (C=O) groups excluding carboxylic acids is 1. The van der Waals surface area contributed by atoms with Crippen molar-refractivity contribution in [1.82, 2.24) is 14.6 Å². The van der Waals surface area contributed by atoms with Crippen LogP contribution in [0, 0.1) is 0 Å². The summed E-state index contributed by atoms with van der Waals surface area (Å²) in [6.07, 6.45) is -0.123. The molecule has 1 aliphatic heterocycles. The van der Waals surface area contributed by atoms with Gasteiger partial charge in [-0.1, -0.05) is 54.6 Å². The third kappa shape index (κ3) is 8.15. The number of aliphatic hydroxyl groups is 1. The molecule has 0 radical (unpaired) electrons. The molecule has 1 fully saturated rings. The first-order chi connectivity index (χ1) is 19.7. The van der Waals surface area contributed by atoms with E-state index < -0.39 is 56.0 Å². The molecule has 2 heterocycles. The van der Waals surface area contributed by atoms with Crippen molar-refractivity contribution in [2.45, 2.75) is 44.4 Å². The van der Waals surface area contributed by atoms with E-state index in [2.05, 4.69) is 10.1 Å². The second kappa shape index (κ2) is 13.8. The molecule has 1 saturated heterocycles. The van der Waals surface area contributed by atoms with E-state index in [-0.39, 0.29) is 24.3 Å². The summed E-state index contributed by atoms with van der Waals surface area (Å²) in [5.41, 5.74) is -0.230. The van der Waals surface area contributed by atoms with Gasteiger partial charge in [-0.05, 0) is 24.6 Å². The van der Waals surface area contributed by atoms with E-state index in [1.807, 2.05) is 18.2 Å². The number of para-hydroxylation sites is 1. The first kappa shape index (κ1) is 30.2. The predicted octanol–water partition coefficient (Wildman–Crippen LogP) is 1.71. The summed E-state index contributed by atoms with van der Waals surface area (Å²) in [4.78, 5) is 39.3. The van der Waals surface area contributed by atoms with Gasteiger partial charge >= 0.3 is 19.4 Å². The Morgan fingerprint density at radius 1 is 1.22 bits per heavy atom. The quantitative estimate of drug-likeness (QED) is 0.163. The fourth-order valence-corrected chi connectivity index (χ4v) is 5.58. The van der Waals surface area contributed by atoms with Gasteiger partial charge < -0.3 is 19.1 Å². The Hall–Kier alpha value is -3.74. The molecule has 3 aromatic rings. The van der Waals surface area contributed by atoms with Gasteiger partial charge in [-0.3, -0.25) is 23.7 Å². The minimum absolute atomic E-state index is 0.00867. The highest BCUT2D eigenvalue weighted by molar-refractivity contribution is 7.52. The van der Waals surface area contributed by atoms with Gasteiger partial charge in [0.15, 0.2) is 0 Å². The van der Waals surface area contributed by atoms with E-state index in [0.29, 0.717) is 0 Å². The van der Waals surface area contributed by atoms with E-state index >= 15 is 0 Å². The number of ether oxygens (including phenoxy) is 2. The maximum atomic E-state index is 13.8. The van der Waals surface area contributed by atoms with Crippen LogP contribution in [0.3, 0.4) is 0 Å². The molecule has 12 nitrogen and oxygen atoms in total. The molecule has 1 aromatic heterocycles. The summed E-state index contributed by atoms with van der Waals surface area (Å²) in [6, 6.07) is 16.2. The van der Waals surface area contributed by atoms with Gasteiger partial charge in [-0.2, -0.15) is 5.09 Å². The molecule has 4 rings (SSSR count). The summed E-state index contributed by atoms with van der Waals surface area (Å²) in [6.45, 7) is 1.08. The van der Waals surface area contributed by atoms with Crippen molar-refractivity contribution >= 4 is 27.6 Å². The number of aliphatic hydroxyl groups excluding tert-OH is 1. The Bertz CT molecular complexity index is 1510. The summed E-state index contributed by atoms with van der Waals surface area (Å²) in [7, 11) is -2.49. The molecule has 0 amide bonds. The van der Waals surface area contributed by atoms with Crippen molar-refractivity contribution < 1.29 is 33.0 Å². The minimum Gasteiger partial charge on any atom is -0.460 e. The number of rotatable bonds is 12. The number of esters is 1. The number of aromatic nitrogens is 2. The van der Waals surface area contributed by atoms with Crippen LogP contribution in [-0.2, 0) is 30.0 Å². The topological polar surface area (TPSA) is 158 Å². The number of aromatic amines is 1. The van der Waals surface area contributed by atoms with Gasteiger partial charge in [0, 0.05) is 12.6 Å². The molecule has 5 unspecified atom stereocenters. The fourth-order valence-electron chi connectivity index (χ4n) is 4.07. The van der Waals surface area contributed by atoms with Crippen LogP contribution < -0.4 is 20.9 Å². The van der Waals surface area contributed by atoms with Gasteiger partial charge in [-0.15, -0.1) is 5.98 Å². The Balaban J connectivity index is 1.44. The smallest absolute Gasteiger partial charge is 0.459 e. The monoisotopic (exact) mass is 583 g/mol. The first-order valence-corrected chi connectivity index (χ1v) is 14.5. The summed E-state index contributed by atoms with van der Waals surface area (Å²) < 4.78 is 37.4. The summed E-state index contributed by atoms with van der Waals surface area (Å²) in [5, 5.41) is 13.2. The van der Waals surface area contributed by atoms with Gasteiger partial charge in [0.05, 0.1) is 18.3 Å². The van der Waals surface area contributed by atoms with Crippen LogP contribution >= 0.6 is 7.75 Å². The molecule has 41 heavy (non-hydrogen) atoms. The number of H-pyrrole nitrogens is 1. The first-order valence-electron chi connectivity index (χ1n) is 13.0. The maximum absolute atomic E-state index is 13.8. The Labute approximate surface area is 236 Å². The molecule has 0 aliphatic carbocycles. The maximum Gasteiger partial charge on any atom is 0.459 e. The molecule has 0 saturated carbocycles. The normalized spacial score (nSPS) is 20.9. The van der Waals surface area contributed by atoms with E-state index in [9.17, 15) is 24.1 Å². The Kier molecular flexibility index (Phi) is 10.1. The molecule has 216 valence electrons. The number of benzene rings is 2. The number of carbonyl (C=O) groups is 1. The predicted molar refractivity (Wildman–Crippen MR) is 153 cm³/mol. The van der Waals surface area contributed by atoms with Crippen molar-refractivity contribution in [3.8, 4) is 5.75 Å². The molecule has 3 N–H and O–H groups in total. The lowest BCUT2D eigenvalue weighted by Gasteiger charge is -2.24. The van der Waals surface area contributed by atoms with Crippen LogP contribution in [0.4, 0.5) is 0 Å². The van der Waals surface area contributed by atoms with Crippen LogP contribution in [0.5, 0.6) is 5.75 Å². The van der Waals surface area contributed by atoms with Crippen molar-refractivity contribution in [2.24, 2.45) is 0 Å². The van der Waals surface area contributed by atoms with Gasteiger partial charge in [0.25, 0.3) is 5.56 Å². The third-order valence-electron chi connectivity index (χ3n) is 6.16. The van der Waals surface area contributed by atoms with Crippen molar-refractivity contribution in [2.75, 3.05) is 6.61 Å². The van der Waals surface area contributed by atoms with Gasteiger partial charge in [-0.25, -0.2) is 9.36 Å². The average Bonchev–Trinajstić information content (AvgIpc) is 3.33. The minimum atomic E-state index is -4.22. The largest absolute Gasteiger partial charge is 0.460 e. The zero-order valence-electron chi connectivity index (χ0n) is 22.5. The van der Waals surface area contributed by atoms with E-state index in [0.717, 1.165) is 5.56 Å². The molecular formula is C27H31BN3O9P. The highest BCUT2D eigenvalue weighted by atomic mass is 31.2. The average molecular weight is 583 g/mol. The Morgan fingerprint density at radius 3 is 2.59 bits per heavy atom. The van der Waals surface area contributed by atoms with Crippen LogP contribution in [0.25, 0.3) is 6.08 Å². The van der Waals surface area contributed by atoms with Crippen molar-refractivity contribution in [3.05, 3.63) is 105 Å². The summed E-state index contributed by atoms with van der Waals surface area (Å²) in [5.74, 6) is 1.19. The van der Waals surface area contributed by atoms with E-state index in [4.69, 9.17) is 18.5 Å². The van der Waals surface area contributed by atoms with E-state index in [1.54, 1.807) is 56.3 Å². The molecule has 5 atom stereocenters. The Morgan fingerprint density at radius 2 is 1.90 bits per heavy atom. The molecular weight excluding hydrogens is 552 g/mol. The molecule has 1 aliphatic rings. The zero-order valence-corrected chi connectivity index (χ0v) is 23.4. The number of hydrogen-bond donors (Lipinski definition) is 3. The highest BCUT2D eigenvalue weighted by Gasteiger charge is 2.39. The second-order valence-corrected chi connectivity index (χ2v) is 11.0. The molecule has 0 spiro atoms. The van der Waals surface area contributed by atoms with Crippen molar-refractivity contribution in [1.29, 1.82) is 0 Å². The standard InChI is InChI=1S/C27H31BN3O9P/c1-18(26(34)37-16-19-8-4-2-5-9-19)30-41(36,40-21-10-6-3-7-11-21)38-17-23-22(32)14-24(39-23)31-15-20(12-13-28)25(33)29-27(31)35/h2-13,15,18,22-24,32H,14,16-17,28H2,1H3,(H,30,36)(H,29,33,35)/b13-12+. The van der Waals surface area contributed by atoms with E-state index in [1.165, 1.54) is 23.8 Å². The SMILES string of the molecule is B/C=C/c1cn(C2CC(O)C(COP(=O)(NC(C)C(=O)OCc3ccccc3)Oc3ccccc3)O2)c(=O)[nH]c1=O. The van der Waals surface area contributed by atoms with Crippen LogP contribution in [0.1, 0.15) is 30.7 Å². The van der Waals surface area contributed by atoms with Crippen LogP contribution in [-0.4, -0.2) is 53.3 Å². The lowest BCUT2D eigenvalue weighted by Crippen LogP contribution is -2.36. The van der Waals surface area contributed by atoms with Gasteiger partial charge in [0.1, 0.15) is 38.6 Å². The highest BCUT2D eigenvalue weighted by Crippen LogP contribution is 2.46. The zero-order chi connectivity index (χ0) is 29.4. The number of nitrogens with zero attached hydrogens (tertiary/aromatic N) is 1. The fraction of sp³-hybridized carbons (Fsp3) is 0.296. The van der Waals surface area contributed by atoms with Crippen molar-refractivity contribution in [3.63, 3.8) is 0 Å². The van der Waals surface area contributed by atoms with Crippen LogP contribution in [0.15, 0.2) is 82.4 Å². The summed E-state index contributed by atoms with van der Waals surface area (Å²) >= 11 is 0.